The Morgan fingerprint density at radius 1 is 1.40 bits per heavy atom. The number of nitrogens with zero attached hydrogens (tertiary/aromatic N) is 1. The molecule has 0 atom stereocenters. The van der Waals surface area contributed by atoms with E-state index in [1.54, 1.807) is 12.1 Å². The van der Waals surface area contributed by atoms with Crippen LogP contribution in [0.4, 0.5) is 11.4 Å². The summed E-state index contributed by atoms with van der Waals surface area (Å²) in [6.07, 6.45) is 0.164. The van der Waals surface area contributed by atoms with Gasteiger partial charge in [0.25, 0.3) is 0 Å². The molecule has 0 heterocycles. The SMILES string of the molecule is CNS(=O)(=O)c1ccc(N)c(N(C)CCOC(C)C)c1. The third kappa shape index (κ3) is 4.36. The first kappa shape index (κ1) is 16.7. The number of hydrogen-bond donors (Lipinski definition) is 2. The fourth-order valence-corrected chi connectivity index (χ4v) is 2.43. The van der Waals surface area contributed by atoms with E-state index in [0.717, 1.165) is 0 Å². The van der Waals surface area contributed by atoms with Gasteiger partial charge in [0.05, 0.1) is 29.0 Å². The van der Waals surface area contributed by atoms with Crippen LogP contribution in [0.3, 0.4) is 0 Å². The van der Waals surface area contributed by atoms with Crippen LogP contribution >= 0.6 is 0 Å². The molecule has 0 fully saturated rings. The molecule has 0 saturated carbocycles. The Balaban J connectivity index is 2.91. The predicted octanol–water partition coefficient (Wildman–Crippen LogP) is 1.04. The zero-order valence-electron chi connectivity index (χ0n) is 12.4. The fourth-order valence-electron chi connectivity index (χ4n) is 1.68. The molecule has 0 amide bonds. The summed E-state index contributed by atoms with van der Waals surface area (Å²) in [5.41, 5.74) is 7.12. The molecule has 7 heteroatoms. The van der Waals surface area contributed by atoms with Crippen molar-refractivity contribution >= 4 is 21.4 Å². The van der Waals surface area contributed by atoms with Crippen molar-refractivity contribution in [3.05, 3.63) is 18.2 Å². The summed E-state index contributed by atoms with van der Waals surface area (Å²) >= 11 is 0. The van der Waals surface area contributed by atoms with Crippen molar-refractivity contribution in [3.63, 3.8) is 0 Å². The number of nitrogen functional groups attached to an aromatic ring is 1. The molecule has 0 saturated heterocycles. The number of benzene rings is 1. The lowest BCUT2D eigenvalue weighted by atomic mass is 10.2. The number of ether oxygens (including phenoxy) is 1. The van der Waals surface area contributed by atoms with Gasteiger partial charge in [-0.05, 0) is 39.1 Å². The van der Waals surface area contributed by atoms with E-state index >= 15 is 0 Å². The highest BCUT2D eigenvalue weighted by Gasteiger charge is 2.15. The summed E-state index contributed by atoms with van der Waals surface area (Å²) < 4.78 is 31.4. The van der Waals surface area contributed by atoms with Gasteiger partial charge in [0.15, 0.2) is 0 Å². The zero-order valence-corrected chi connectivity index (χ0v) is 13.2. The van der Waals surface area contributed by atoms with E-state index in [-0.39, 0.29) is 11.0 Å². The van der Waals surface area contributed by atoms with Gasteiger partial charge in [-0.15, -0.1) is 0 Å². The summed E-state index contributed by atoms with van der Waals surface area (Å²) in [7, 11) is -0.236. The lowest BCUT2D eigenvalue weighted by molar-refractivity contribution is 0.0846. The van der Waals surface area contributed by atoms with Crippen molar-refractivity contribution in [2.75, 3.05) is 37.9 Å². The van der Waals surface area contributed by atoms with Crippen LogP contribution in [0.25, 0.3) is 0 Å². The summed E-state index contributed by atoms with van der Waals surface area (Å²) in [6.45, 7) is 5.12. The van der Waals surface area contributed by atoms with Crippen LogP contribution in [0.1, 0.15) is 13.8 Å². The third-order valence-corrected chi connectivity index (χ3v) is 4.28. The molecular weight excluding hydrogens is 278 g/mol. The van der Waals surface area contributed by atoms with Crippen molar-refractivity contribution in [1.82, 2.24) is 4.72 Å². The second kappa shape index (κ2) is 6.92. The topological polar surface area (TPSA) is 84.7 Å². The number of rotatable bonds is 7. The molecule has 3 N–H and O–H groups in total. The molecule has 0 spiro atoms. The highest BCUT2D eigenvalue weighted by Crippen LogP contribution is 2.25. The minimum Gasteiger partial charge on any atom is -0.397 e. The standard InChI is InChI=1S/C13H23N3O3S/c1-10(2)19-8-7-16(4)13-9-11(5-6-12(13)14)20(17,18)15-3/h5-6,9-10,15H,7-8,14H2,1-4H3. The number of anilines is 2. The van der Waals surface area contributed by atoms with E-state index in [9.17, 15) is 8.42 Å². The Bertz CT molecular complexity index is 544. The fraction of sp³-hybridized carbons (Fsp3) is 0.538. The molecule has 0 unspecified atom stereocenters. The maximum Gasteiger partial charge on any atom is 0.240 e. The molecule has 0 aliphatic carbocycles. The molecule has 1 aromatic carbocycles. The number of hydrogen-bond acceptors (Lipinski definition) is 5. The summed E-state index contributed by atoms with van der Waals surface area (Å²) in [5, 5.41) is 0. The van der Waals surface area contributed by atoms with E-state index in [2.05, 4.69) is 4.72 Å². The van der Waals surface area contributed by atoms with Gasteiger partial charge in [-0.25, -0.2) is 13.1 Å². The first-order valence-corrected chi connectivity index (χ1v) is 7.92. The Kier molecular flexibility index (Phi) is 5.79. The molecule has 0 aliphatic heterocycles. The van der Waals surface area contributed by atoms with Gasteiger partial charge >= 0.3 is 0 Å². The second-order valence-electron chi connectivity index (χ2n) is 4.77. The van der Waals surface area contributed by atoms with E-state index < -0.39 is 10.0 Å². The first-order valence-electron chi connectivity index (χ1n) is 6.43. The van der Waals surface area contributed by atoms with Crippen LogP contribution in [0, 0.1) is 0 Å². The average molecular weight is 301 g/mol. The molecule has 114 valence electrons. The van der Waals surface area contributed by atoms with Gasteiger partial charge in [-0.1, -0.05) is 0 Å². The van der Waals surface area contributed by atoms with Crippen LogP contribution in [-0.4, -0.2) is 41.8 Å². The van der Waals surface area contributed by atoms with Crippen molar-refractivity contribution in [3.8, 4) is 0 Å². The minimum absolute atomic E-state index is 0.164. The summed E-state index contributed by atoms with van der Waals surface area (Å²) in [5.74, 6) is 0. The van der Waals surface area contributed by atoms with Crippen LogP contribution in [0.2, 0.25) is 0 Å². The van der Waals surface area contributed by atoms with Crippen molar-refractivity contribution in [1.29, 1.82) is 0 Å². The van der Waals surface area contributed by atoms with Gasteiger partial charge in [-0.2, -0.15) is 0 Å². The van der Waals surface area contributed by atoms with E-state index in [1.165, 1.54) is 13.1 Å². The van der Waals surface area contributed by atoms with Crippen LogP contribution < -0.4 is 15.4 Å². The highest BCUT2D eigenvalue weighted by molar-refractivity contribution is 7.89. The lowest BCUT2D eigenvalue weighted by Crippen LogP contribution is -2.25. The maximum absolute atomic E-state index is 11.8. The highest BCUT2D eigenvalue weighted by atomic mass is 32.2. The largest absolute Gasteiger partial charge is 0.397 e. The second-order valence-corrected chi connectivity index (χ2v) is 6.66. The normalized spacial score (nSPS) is 11.8. The number of likely N-dealkylation sites (N-methyl/N-ethyl adjacent to an activating group) is 1. The molecular formula is C13H23N3O3S. The van der Waals surface area contributed by atoms with Crippen molar-refractivity contribution in [2.45, 2.75) is 24.8 Å². The van der Waals surface area contributed by atoms with Crippen LogP contribution in [0.15, 0.2) is 23.1 Å². The maximum atomic E-state index is 11.8. The number of nitrogens with one attached hydrogen (secondary N) is 1. The third-order valence-electron chi connectivity index (χ3n) is 2.87. The monoisotopic (exact) mass is 301 g/mol. The van der Waals surface area contributed by atoms with Crippen LogP contribution in [-0.2, 0) is 14.8 Å². The van der Waals surface area contributed by atoms with E-state index in [4.69, 9.17) is 10.5 Å². The van der Waals surface area contributed by atoms with Crippen molar-refractivity contribution < 1.29 is 13.2 Å². The predicted molar refractivity (Wildman–Crippen MR) is 81.5 cm³/mol. The van der Waals surface area contributed by atoms with Gasteiger partial charge in [0.2, 0.25) is 10.0 Å². The quantitative estimate of drug-likeness (QED) is 0.735. The Morgan fingerprint density at radius 2 is 2.05 bits per heavy atom. The minimum atomic E-state index is -3.47. The molecule has 0 aromatic heterocycles. The molecule has 0 bridgehead atoms. The van der Waals surface area contributed by atoms with Gasteiger partial charge < -0.3 is 15.4 Å². The van der Waals surface area contributed by atoms with E-state index in [0.29, 0.717) is 24.5 Å². The van der Waals surface area contributed by atoms with E-state index in [1.807, 2.05) is 25.8 Å². The van der Waals surface area contributed by atoms with Gasteiger partial charge in [0.1, 0.15) is 0 Å². The zero-order chi connectivity index (χ0) is 15.3. The number of sulfonamides is 1. The molecule has 0 aliphatic rings. The number of nitrogens with two attached hydrogens (primary N) is 1. The Morgan fingerprint density at radius 3 is 2.60 bits per heavy atom. The molecule has 0 radical (unpaired) electrons. The average Bonchev–Trinajstić information content (AvgIpc) is 2.38. The Labute approximate surface area is 121 Å². The van der Waals surface area contributed by atoms with Crippen molar-refractivity contribution in [2.24, 2.45) is 0 Å². The lowest BCUT2D eigenvalue weighted by Gasteiger charge is -2.22. The van der Waals surface area contributed by atoms with Crippen LogP contribution in [0.5, 0.6) is 0 Å². The molecule has 6 nitrogen and oxygen atoms in total. The van der Waals surface area contributed by atoms with Gasteiger partial charge in [0, 0.05) is 13.6 Å². The van der Waals surface area contributed by atoms with Gasteiger partial charge in [-0.3, -0.25) is 0 Å². The molecule has 1 rings (SSSR count). The molecule has 20 heavy (non-hydrogen) atoms. The summed E-state index contributed by atoms with van der Waals surface area (Å²) in [4.78, 5) is 2.08. The first-order chi connectivity index (χ1) is 9.27. The summed E-state index contributed by atoms with van der Waals surface area (Å²) in [6, 6.07) is 4.65. The smallest absolute Gasteiger partial charge is 0.240 e. The Hall–Kier alpha value is -1.31. The molecule has 1 aromatic rings.